The predicted octanol–water partition coefficient (Wildman–Crippen LogP) is -0.683. The van der Waals surface area contributed by atoms with Gasteiger partial charge in [0, 0.05) is 45.2 Å². The quantitative estimate of drug-likeness (QED) is 0.728. The molecule has 1 amide bonds. The lowest BCUT2D eigenvalue weighted by atomic mass is 10.2. The summed E-state index contributed by atoms with van der Waals surface area (Å²) >= 11 is 0. The molecule has 20 heavy (non-hydrogen) atoms. The maximum absolute atomic E-state index is 11.8. The Bertz CT molecular complexity index is 430. The van der Waals surface area contributed by atoms with Gasteiger partial charge in [0.2, 0.25) is 5.91 Å². The molecule has 1 atom stereocenters. The first-order chi connectivity index (χ1) is 9.48. The number of rotatable bonds is 5. The first kappa shape index (κ1) is 15.7. The molecule has 0 aromatic heterocycles. The zero-order valence-electron chi connectivity index (χ0n) is 12.2. The van der Waals surface area contributed by atoms with Crippen LogP contribution in [-0.4, -0.2) is 80.9 Å². The highest BCUT2D eigenvalue weighted by atomic mass is 32.2. The molecule has 0 bridgehead atoms. The van der Waals surface area contributed by atoms with Gasteiger partial charge in [-0.25, -0.2) is 8.42 Å². The third-order valence-electron chi connectivity index (χ3n) is 4.16. The second kappa shape index (κ2) is 6.87. The molecule has 2 aliphatic heterocycles. The molecule has 2 heterocycles. The second-order valence-electron chi connectivity index (χ2n) is 5.69. The monoisotopic (exact) mass is 303 g/mol. The van der Waals surface area contributed by atoms with E-state index in [1.165, 1.54) is 0 Å². The standard InChI is InChI=1S/C13H25N3O3S/c1-2-15-6-8-16(9-7-15)5-3-13(17)14-12-4-10-20(18,19)11-12/h12H,2-11H2,1H3,(H,14,17). The van der Waals surface area contributed by atoms with Crippen LogP contribution in [0, 0.1) is 0 Å². The summed E-state index contributed by atoms with van der Waals surface area (Å²) in [6, 6.07) is -0.176. The van der Waals surface area contributed by atoms with Crippen LogP contribution in [0.3, 0.4) is 0 Å². The first-order valence-corrected chi connectivity index (χ1v) is 9.25. The number of carbonyl (C=O) groups excluding carboxylic acids is 1. The molecular weight excluding hydrogens is 278 g/mol. The highest BCUT2D eigenvalue weighted by Gasteiger charge is 2.28. The number of hydrogen-bond acceptors (Lipinski definition) is 5. The smallest absolute Gasteiger partial charge is 0.221 e. The van der Waals surface area contributed by atoms with Crippen molar-refractivity contribution in [1.29, 1.82) is 0 Å². The fraction of sp³-hybridized carbons (Fsp3) is 0.923. The molecule has 116 valence electrons. The van der Waals surface area contributed by atoms with Gasteiger partial charge in [-0.3, -0.25) is 4.79 Å². The van der Waals surface area contributed by atoms with Crippen molar-refractivity contribution in [3.05, 3.63) is 0 Å². The van der Waals surface area contributed by atoms with E-state index in [2.05, 4.69) is 22.0 Å². The Labute approximate surface area is 121 Å². The van der Waals surface area contributed by atoms with Crippen molar-refractivity contribution in [3.8, 4) is 0 Å². The number of carbonyl (C=O) groups is 1. The minimum atomic E-state index is -2.92. The van der Waals surface area contributed by atoms with Crippen molar-refractivity contribution in [2.45, 2.75) is 25.8 Å². The Morgan fingerprint density at radius 2 is 1.85 bits per heavy atom. The van der Waals surface area contributed by atoms with Gasteiger partial charge in [0.25, 0.3) is 0 Å². The molecule has 0 spiro atoms. The number of nitrogens with zero attached hydrogens (tertiary/aromatic N) is 2. The van der Waals surface area contributed by atoms with E-state index in [0.29, 0.717) is 12.8 Å². The number of hydrogen-bond donors (Lipinski definition) is 1. The summed E-state index contributed by atoms with van der Waals surface area (Å²) in [5.41, 5.74) is 0. The van der Waals surface area contributed by atoms with E-state index < -0.39 is 9.84 Å². The van der Waals surface area contributed by atoms with E-state index in [9.17, 15) is 13.2 Å². The van der Waals surface area contributed by atoms with Gasteiger partial charge in [-0.2, -0.15) is 0 Å². The number of nitrogens with one attached hydrogen (secondary N) is 1. The topological polar surface area (TPSA) is 69.7 Å². The van der Waals surface area contributed by atoms with Crippen molar-refractivity contribution >= 4 is 15.7 Å². The molecule has 0 saturated carbocycles. The molecule has 2 saturated heterocycles. The van der Waals surface area contributed by atoms with Gasteiger partial charge in [0.05, 0.1) is 11.5 Å². The maximum Gasteiger partial charge on any atom is 0.221 e. The average molecular weight is 303 g/mol. The van der Waals surface area contributed by atoms with Crippen LogP contribution in [0.5, 0.6) is 0 Å². The van der Waals surface area contributed by atoms with Crippen LogP contribution in [-0.2, 0) is 14.6 Å². The Hall–Kier alpha value is -0.660. The van der Waals surface area contributed by atoms with Gasteiger partial charge in [-0.15, -0.1) is 0 Å². The van der Waals surface area contributed by atoms with Crippen LogP contribution in [0.4, 0.5) is 0 Å². The number of amides is 1. The molecule has 0 aromatic carbocycles. The van der Waals surface area contributed by atoms with Crippen molar-refractivity contribution in [1.82, 2.24) is 15.1 Å². The van der Waals surface area contributed by atoms with Gasteiger partial charge in [0.1, 0.15) is 0 Å². The van der Waals surface area contributed by atoms with Crippen molar-refractivity contribution < 1.29 is 13.2 Å². The zero-order valence-corrected chi connectivity index (χ0v) is 13.0. The molecule has 2 fully saturated rings. The molecule has 2 aliphatic rings. The number of piperazine rings is 1. The Kier molecular flexibility index (Phi) is 5.40. The lowest BCUT2D eigenvalue weighted by Crippen LogP contribution is -2.47. The lowest BCUT2D eigenvalue weighted by molar-refractivity contribution is -0.122. The van der Waals surface area contributed by atoms with Gasteiger partial charge in [0.15, 0.2) is 9.84 Å². The van der Waals surface area contributed by atoms with Gasteiger partial charge in [-0.1, -0.05) is 6.92 Å². The Morgan fingerprint density at radius 1 is 1.20 bits per heavy atom. The van der Waals surface area contributed by atoms with Crippen molar-refractivity contribution in [2.75, 3.05) is 50.8 Å². The molecule has 1 N–H and O–H groups in total. The largest absolute Gasteiger partial charge is 0.352 e. The molecular formula is C13H25N3O3S. The predicted molar refractivity (Wildman–Crippen MR) is 78.4 cm³/mol. The van der Waals surface area contributed by atoms with Gasteiger partial charge >= 0.3 is 0 Å². The van der Waals surface area contributed by atoms with Crippen LogP contribution in [0.25, 0.3) is 0 Å². The van der Waals surface area contributed by atoms with Crippen molar-refractivity contribution in [2.24, 2.45) is 0 Å². The molecule has 2 rings (SSSR count). The van der Waals surface area contributed by atoms with Gasteiger partial charge in [-0.05, 0) is 13.0 Å². The summed E-state index contributed by atoms with van der Waals surface area (Å²) in [6.45, 7) is 8.18. The van der Waals surface area contributed by atoms with E-state index >= 15 is 0 Å². The van der Waals surface area contributed by atoms with E-state index in [1.807, 2.05) is 0 Å². The van der Waals surface area contributed by atoms with E-state index in [1.54, 1.807) is 0 Å². The summed E-state index contributed by atoms with van der Waals surface area (Å²) in [5, 5.41) is 2.84. The summed E-state index contributed by atoms with van der Waals surface area (Å²) in [4.78, 5) is 16.5. The molecule has 0 radical (unpaired) electrons. The highest BCUT2D eigenvalue weighted by Crippen LogP contribution is 2.11. The lowest BCUT2D eigenvalue weighted by Gasteiger charge is -2.33. The highest BCUT2D eigenvalue weighted by molar-refractivity contribution is 7.91. The summed E-state index contributed by atoms with van der Waals surface area (Å²) in [5.74, 6) is 0.287. The summed E-state index contributed by atoms with van der Waals surface area (Å²) in [7, 11) is -2.92. The molecule has 7 heteroatoms. The van der Waals surface area contributed by atoms with Crippen LogP contribution in [0.1, 0.15) is 19.8 Å². The van der Waals surface area contributed by atoms with Crippen LogP contribution < -0.4 is 5.32 Å². The molecule has 1 unspecified atom stereocenters. The maximum atomic E-state index is 11.8. The Morgan fingerprint density at radius 3 is 2.40 bits per heavy atom. The first-order valence-electron chi connectivity index (χ1n) is 7.43. The SMILES string of the molecule is CCN1CCN(CCC(=O)NC2CCS(=O)(=O)C2)CC1. The third kappa shape index (κ3) is 4.71. The fourth-order valence-electron chi connectivity index (χ4n) is 2.80. The van der Waals surface area contributed by atoms with Crippen LogP contribution in [0.2, 0.25) is 0 Å². The number of likely N-dealkylation sites (N-methyl/N-ethyl adjacent to an activating group) is 1. The van der Waals surface area contributed by atoms with Gasteiger partial charge < -0.3 is 15.1 Å². The van der Waals surface area contributed by atoms with Crippen LogP contribution >= 0.6 is 0 Å². The van der Waals surface area contributed by atoms with E-state index in [-0.39, 0.29) is 23.5 Å². The van der Waals surface area contributed by atoms with Crippen LogP contribution in [0.15, 0.2) is 0 Å². The fourth-order valence-corrected chi connectivity index (χ4v) is 4.47. The number of sulfone groups is 1. The second-order valence-corrected chi connectivity index (χ2v) is 7.92. The Balaban J connectivity index is 1.63. The molecule has 0 aliphatic carbocycles. The normalized spacial score (nSPS) is 27.6. The minimum absolute atomic E-state index is 0.0231. The van der Waals surface area contributed by atoms with Crippen molar-refractivity contribution in [3.63, 3.8) is 0 Å². The van der Waals surface area contributed by atoms with E-state index in [4.69, 9.17) is 0 Å². The summed E-state index contributed by atoms with van der Waals surface area (Å²) < 4.78 is 22.6. The minimum Gasteiger partial charge on any atom is -0.352 e. The molecule has 6 nitrogen and oxygen atoms in total. The zero-order chi connectivity index (χ0) is 14.6. The van der Waals surface area contributed by atoms with E-state index in [0.717, 1.165) is 39.3 Å². The average Bonchev–Trinajstić information content (AvgIpc) is 2.76. The summed E-state index contributed by atoms with van der Waals surface area (Å²) in [6.07, 6.45) is 1.02. The molecule has 0 aromatic rings. The third-order valence-corrected chi connectivity index (χ3v) is 5.93.